The number of amides is 1. The van der Waals surface area contributed by atoms with Gasteiger partial charge in [0.1, 0.15) is 24.3 Å². The average molecular weight is 365 g/mol. The molecule has 0 spiro atoms. The monoisotopic (exact) mass is 365 g/mol. The first kappa shape index (κ1) is 21.5. The highest BCUT2D eigenvalue weighted by Gasteiger charge is 2.22. The molecular weight excluding hydrogens is 340 g/mol. The van der Waals surface area contributed by atoms with Gasteiger partial charge < -0.3 is 10.1 Å². The molecule has 0 aliphatic carbocycles. The quantitative estimate of drug-likeness (QED) is 0.391. The van der Waals surface area contributed by atoms with Gasteiger partial charge in [-0.15, -0.1) is 0 Å². The van der Waals surface area contributed by atoms with Gasteiger partial charge in [-0.3, -0.25) is 4.79 Å². The summed E-state index contributed by atoms with van der Waals surface area (Å²) in [7, 11) is 0. The second-order valence-corrected chi connectivity index (χ2v) is 6.11. The molecule has 0 bridgehead atoms. The Balaban J connectivity index is 2.82. The summed E-state index contributed by atoms with van der Waals surface area (Å²) in [6.07, 6.45) is 6.13. The highest BCUT2D eigenvalue weighted by Crippen LogP contribution is 2.11. The SMILES string of the molecule is C=CCOC(=O)C(Cc1cc(F)cc(F)c1)NC(=O)/C=C/CC(C)CC. The van der Waals surface area contributed by atoms with Crippen LogP contribution in [-0.2, 0) is 20.7 Å². The van der Waals surface area contributed by atoms with E-state index in [9.17, 15) is 18.4 Å². The maximum atomic E-state index is 13.4. The molecule has 1 N–H and O–H groups in total. The molecule has 0 saturated carbocycles. The van der Waals surface area contributed by atoms with Crippen molar-refractivity contribution in [2.24, 2.45) is 5.92 Å². The van der Waals surface area contributed by atoms with Gasteiger partial charge in [-0.05, 0) is 36.1 Å². The van der Waals surface area contributed by atoms with Crippen molar-refractivity contribution in [3.05, 3.63) is 60.2 Å². The van der Waals surface area contributed by atoms with E-state index in [-0.39, 0.29) is 18.6 Å². The Labute approximate surface area is 152 Å². The van der Waals surface area contributed by atoms with Crippen molar-refractivity contribution in [1.29, 1.82) is 0 Å². The lowest BCUT2D eigenvalue weighted by Crippen LogP contribution is -2.42. The van der Waals surface area contributed by atoms with Crippen LogP contribution in [0, 0.1) is 17.6 Å². The van der Waals surface area contributed by atoms with Gasteiger partial charge in [-0.1, -0.05) is 39.0 Å². The van der Waals surface area contributed by atoms with Crippen LogP contribution in [0.3, 0.4) is 0 Å². The fourth-order valence-electron chi connectivity index (χ4n) is 2.19. The van der Waals surface area contributed by atoms with Gasteiger partial charge in [-0.25, -0.2) is 13.6 Å². The summed E-state index contributed by atoms with van der Waals surface area (Å²) >= 11 is 0. The minimum absolute atomic E-state index is 0.0213. The third kappa shape index (κ3) is 8.05. The predicted octanol–water partition coefficient (Wildman–Crippen LogP) is 3.71. The van der Waals surface area contributed by atoms with Crippen LogP contribution in [0.1, 0.15) is 32.3 Å². The Bertz CT molecular complexity index is 638. The lowest BCUT2D eigenvalue weighted by Gasteiger charge is -2.17. The number of nitrogens with one attached hydrogen (secondary N) is 1. The molecule has 1 amide bonds. The van der Waals surface area contributed by atoms with Crippen LogP contribution in [0.4, 0.5) is 8.78 Å². The maximum absolute atomic E-state index is 13.4. The standard InChI is InChI=1S/C20H25F2NO3/c1-4-9-26-20(25)18(12-15-10-16(21)13-17(22)11-15)23-19(24)8-6-7-14(3)5-2/h4,6,8,10-11,13-14,18H,1,5,7,9,12H2,2-3H3,(H,23,24)/b8-6+. The van der Waals surface area contributed by atoms with E-state index in [1.807, 2.05) is 0 Å². The summed E-state index contributed by atoms with van der Waals surface area (Å²) in [4.78, 5) is 24.2. The summed E-state index contributed by atoms with van der Waals surface area (Å²) in [6.45, 7) is 7.55. The third-order valence-corrected chi connectivity index (χ3v) is 3.81. The number of esters is 1. The number of ether oxygens (including phenoxy) is 1. The molecule has 1 rings (SSSR count). The molecule has 0 fully saturated rings. The van der Waals surface area contributed by atoms with E-state index >= 15 is 0 Å². The lowest BCUT2D eigenvalue weighted by molar-refractivity contribution is -0.146. The molecule has 1 aromatic rings. The Morgan fingerprint density at radius 2 is 1.92 bits per heavy atom. The van der Waals surface area contributed by atoms with Crippen LogP contribution >= 0.6 is 0 Å². The summed E-state index contributed by atoms with van der Waals surface area (Å²) in [5.74, 6) is -2.22. The van der Waals surface area contributed by atoms with Crippen molar-refractivity contribution >= 4 is 11.9 Å². The molecule has 26 heavy (non-hydrogen) atoms. The van der Waals surface area contributed by atoms with Gasteiger partial charge in [0.05, 0.1) is 0 Å². The maximum Gasteiger partial charge on any atom is 0.329 e. The average Bonchev–Trinajstić information content (AvgIpc) is 2.57. The second kappa shape index (κ2) is 11.2. The lowest BCUT2D eigenvalue weighted by atomic mass is 10.0. The molecule has 0 aliphatic heterocycles. The molecule has 0 aliphatic rings. The minimum Gasteiger partial charge on any atom is -0.460 e. The smallest absolute Gasteiger partial charge is 0.329 e. The number of hydrogen-bond acceptors (Lipinski definition) is 3. The van der Waals surface area contributed by atoms with Crippen molar-refractivity contribution in [3.8, 4) is 0 Å². The number of benzene rings is 1. The molecule has 0 radical (unpaired) electrons. The predicted molar refractivity (Wildman–Crippen MR) is 96.4 cm³/mol. The molecule has 6 heteroatoms. The van der Waals surface area contributed by atoms with Gasteiger partial charge in [0.2, 0.25) is 5.91 Å². The number of allylic oxidation sites excluding steroid dienone is 1. The molecule has 0 heterocycles. The molecule has 0 saturated heterocycles. The van der Waals surface area contributed by atoms with Gasteiger partial charge in [0, 0.05) is 12.5 Å². The molecule has 2 unspecified atom stereocenters. The fourth-order valence-corrected chi connectivity index (χ4v) is 2.19. The van der Waals surface area contributed by atoms with Crippen LogP contribution in [0.2, 0.25) is 0 Å². The van der Waals surface area contributed by atoms with Crippen LogP contribution in [0.15, 0.2) is 43.0 Å². The van der Waals surface area contributed by atoms with Crippen molar-refractivity contribution in [3.63, 3.8) is 0 Å². The van der Waals surface area contributed by atoms with E-state index in [4.69, 9.17) is 4.74 Å². The van der Waals surface area contributed by atoms with Crippen LogP contribution < -0.4 is 5.32 Å². The van der Waals surface area contributed by atoms with E-state index in [0.29, 0.717) is 5.92 Å². The Morgan fingerprint density at radius 3 is 2.50 bits per heavy atom. The van der Waals surface area contributed by atoms with E-state index in [1.54, 1.807) is 6.08 Å². The van der Waals surface area contributed by atoms with Crippen molar-refractivity contribution < 1.29 is 23.1 Å². The number of halogens is 2. The van der Waals surface area contributed by atoms with E-state index in [0.717, 1.165) is 31.0 Å². The first-order chi connectivity index (χ1) is 12.3. The zero-order valence-electron chi connectivity index (χ0n) is 15.1. The summed E-state index contributed by atoms with van der Waals surface area (Å²) in [5.41, 5.74) is 0.243. The zero-order chi connectivity index (χ0) is 19.5. The first-order valence-corrected chi connectivity index (χ1v) is 8.55. The topological polar surface area (TPSA) is 55.4 Å². The van der Waals surface area contributed by atoms with E-state index in [2.05, 4.69) is 25.7 Å². The van der Waals surface area contributed by atoms with Crippen LogP contribution in [0.5, 0.6) is 0 Å². The highest BCUT2D eigenvalue weighted by molar-refractivity contribution is 5.91. The van der Waals surface area contributed by atoms with E-state index in [1.165, 1.54) is 12.2 Å². The highest BCUT2D eigenvalue weighted by atomic mass is 19.1. The number of rotatable bonds is 10. The van der Waals surface area contributed by atoms with Gasteiger partial charge >= 0.3 is 5.97 Å². The fraction of sp³-hybridized carbons (Fsp3) is 0.400. The van der Waals surface area contributed by atoms with Gasteiger partial charge in [0.15, 0.2) is 0 Å². The van der Waals surface area contributed by atoms with Crippen molar-refractivity contribution in [1.82, 2.24) is 5.32 Å². The van der Waals surface area contributed by atoms with Gasteiger partial charge in [-0.2, -0.15) is 0 Å². The number of hydrogen-bond donors (Lipinski definition) is 1. The minimum atomic E-state index is -1.06. The van der Waals surface area contributed by atoms with Crippen molar-refractivity contribution in [2.45, 2.75) is 39.2 Å². The zero-order valence-corrected chi connectivity index (χ0v) is 15.1. The third-order valence-electron chi connectivity index (χ3n) is 3.81. The van der Waals surface area contributed by atoms with Crippen molar-refractivity contribution in [2.75, 3.05) is 6.61 Å². The molecule has 2 atom stereocenters. The van der Waals surface area contributed by atoms with Crippen LogP contribution in [-0.4, -0.2) is 24.5 Å². The molecule has 0 aromatic heterocycles. The van der Waals surface area contributed by atoms with Gasteiger partial charge in [0.25, 0.3) is 0 Å². The Kier molecular flexibility index (Phi) is 9.26. The molecular formula is C20H25F2NO3. The molecule has 142 valence electrons. The Morgan fingerprint density at radius 1 is 1.27 bits per heavy atom. The summed E-state index contributed by atoms with van der Waals surface area (Å²) in [5, 5.41) is 2.53. The second-order valence-electron chi connectivity index (χ2n) is 6.11. The molecule has 4 nitrogen and oxygen atoms in total. The number of carbonyl (C=O) groups excluding carboxylic acids is 2. The van der Waals surface area contributed by atoms with Crippen LogP contribution in [0.25, 0.3) is 0 Å². The first-order valence-electron chi connectivity index (χ1n) is 8.55. The summed E-state index contributed by atoms with van der Waals surface area (Å²) in [6, 6.07) is 1.91. The normalized spacial score (nSPS) is 13.2. The largest absolute Gasteiger partial charge is 0.460 e. The molecule has 1 aromatic carbocycles. The Hall–Kier alpha value is -2.50. The summed E-state index contributed by atoms with van der Waals surface area (Å²) < 4.78 is 31.7. The number of carbonyl (C=O) groups is 2. The van der Waals surface area contributed by atoms with E-state index < -0.39 is 29.6 Å².